The van der Waals surface area contributed by atoms with Crippen LogP contribution in [0.5, 0.6) is 0 Å². The van der Waals surface area contributed by atoms with Crippen LogP contribution in [0.4, 0.5) is 0 Å². The van der Waals surface area contributed by atoms with Crippen LogP contribution >= 0.6 is 24.0 Å². The summed E-state index contributed by atoms with van der Waals surface area (Å²) in [5.74, 6) is 3.04. The number of aliphatic imine (C=N–C) groups is 1. The molecule has 8 heteroatoms. The Morgan fingerprint density at radius 2 is 2.04 bits per heavy atom. The lowest BCUT2D eigenvalue weighted by Gasteiger charge is -2.21. The zero-order valence-electron chi connectivity index (χ0n) is 16.0. The molecule has 7 nitrogen and oxygen atoms in total. The van der Waals surface area contributed by atoms with Crippen LogP contribution in [0.3, 0.4) is 0 Å². The first-order chi connectivity index (χ1) is 11.6. The van der Waals surface area contributed by atoms with E-state index in [1.165, 1.54) is 19.3 Å². The molecule has 0 unspecified atom stereocenters. The van der Waals surface area contributed by atoms with E-state index in [9.17, 15) is 0 Å². The van der Waals surface area contributed by atoms with Gasteiger partial charge in [-0.2, -0.15) is 0 Å². The van der Waals surface area contributed by atoms with E-state index in [0.717, 1.165) is 50.1 Å². The molecule has 25 heavy (non-hydrogen) atoms. The third kappa shape index (κ3) is 7.08. The summed E-state index contributed by atoms with van der Waals surface area (Å²) < 4.78 is 7.72. The second-order valence-electron chi connectivity index (χ2n) is 6.83. The molecule has 1 aromatic heterocycles. The van der Waals surface area contributed by atoms with Crippen molar-refractivity contribution >= 4 is 29.9 Å². The summed E-state index contributed by atoms with van der Waals surface area (Å²) in [6, 6.07) is 0. The van der Waals surface area contributed by atoms with Crippen molar-refractivity contribution in [2.24, 2.45) is 4.99 Å². The van der Waals surface area contributed by atoms with Gasteiger partial charge in [0.05, 0.1) is 12.1 Å². The molecule has 144 valence electrons. The van der Waals surface area contributed by atoms with E-state index in [0.29, 0.717) is 6.54 Å². The minimum absolute atomic E-state index is 0. The molecule has 0 radical (unpaired) electrons. The van der Waals surface area contributed by atoms with Crippen molar-refractivity contribution in [1.29, 1.82) is 0 Å². The Kier molecular flexibility index (Phi) is 9.70. The first kappa shape index (κ1) is 22.1. The van der Waals surface area contributed by atoms with Crippen LogP contribution in [0, 0.1) is 0 Å². The lowest BCUT2D eigenvalue weighted by Crippen LogP contribution is -2.40. The third-order valence-electron chi connectivity index (χ3n) is 4.34. The summed E-state index contributed by atoms with van der Waals surface area (Å²) in [6.45, 7) is 9.41. The van der Waals surface area contributed by atoms with E-state index in [1.807, 2.05) is 13.8 Å². The maximum atomic E-state index is 5.42. The number of hydrogen-bond donors (Lipinski definition) is 2. The summed E-state index contributed by atoms with van der Waals surface area (Å²) in [5.41, 5.74) is -0.257. The van der Waals surface area contributed by atoms with E-state index < -0.39 is 0 Å². The van der Waals surface area contributed by atoms with E-state index in [1.54, 1.807) is 7.11 Å². The monoisotopic (exact) mass is 464 g/mol. The highest BCUT2D eigenvalue weighted by molar-refractivity contribution is 14.0. The number of nitrogens with one attached hydrogen (secondary N) is 2. The fourth-order valence-corrected chi connectivity index (χ4v) is 2.70. The minimum Gasteiger partial charge on any atom is -0.377 e. The maximum absolute atomic E-state index is 5.42. The number of ether oxygens (including phenoxy) is 1. The highest BCUT2D eigenvalue weighted by Gasteiger charge is 2.16. The number of aryl methyl sites for hydroxylation is 1. The average Bonchev–Trinajstić information content (AvgIpc) is 2.80. The van der Waals surface area contributed by atoms with Gasteiger partial charge >= 0.3 is 0 Å². The van der Waals surface area contributed by atoms with Crippen LogP contribution in [0.1, 0.15) is 51.7 Å². The quantitative estimate of drug-likeness (QED) is 0.368. The van der Waals surface area contributed by atoms with Gasteiger partial charge in [-0.15, -0.1) is 34.2 Å². The maximum Gasteiger partial charge on any atom is 0.191 e. The molecule has 1 aliphatic rings. The van der Waals surface area contributed by atoms with Crippen molar-refractivity contribution in [3.8, 4) is 0 Å². The summed E-state index contributed by atoms with van der Waals surface area (Å²) in [6.07, 6.45) is 5.64. The van der Waals surface area contributed by atoms with Gasteiger partial charge in [0.15, 0.2) is 5.96 Å². The van der Waals surface area contributed by atoms with Crippen LogP contribution in [0.25, 0.3) is 0 Å². The molecule has 0 saturated carbocycles. The molecule has 1 aliphatic heterocycles. The Morgan fingerprint density at radius 1 is 1.24 bits per heavy atom. The smallest absolute Gasteiger partial charge is 0.191 e. The van der Waals surface area contributed by atoms with E-state index in [-0.39, 0.29) is 29.6 Å². The van der Waals surface area contributed by atoms with E-state index >= 15 is 0 Å². The topological polar surface area (TPSA) is 76.4 Å². The molecule has 0 amide bonds. The minimum atomic E-state index is -0.257. The molecule has 2 rings (SSSR count). The van der Waals surface area contributed by atoms with Crippen LogP contribution in [-0.4, -0.2) is 53.1 Å². The Hall–Kier alpha value is -0.900. The molecule has 0 saturated heterocycles. The van der Waals surface area contributed by atoms with Gasteiger partial charge in [0.1, 0.15) is 11.6 Å². The van der Waals surface area contributed by atoms with Crippen LogP contribution in [0.15, 0.2) is 4.99 Å². The normalized spacial score (nSPS) is 15.1. The second kappa shape index (κ2) is 10.9. The number of guanidine groups is 1. The van der Waals surface area contributed by atoms with Crippen molar-refractivity contribution in [3.05, 3.63) is 11.6 Å². The molecule has 0 spiro atoms. The third-order valence-corrected chi connectivity index (χ3v) is 4.34. The van der Waals surface area contributed by atoms with Crippen molar-refractivity contribution in [3.63, 3.8) is 0 Å². The van der Waals surface area contributed by atoms with Crippen LogP contribution in [-0.2, 0) is 24.1 Å². The molecule has 0 aromatic carbocycles. The number of nitrogens with zero attached hydrogens (tertiary/aromatic N) is 4. The highest BCUT2D eigenvalue weighted by atomic mass is 127. The Morgan fingerprint density at radius 3 is 2.76 bits per heavy atom. The fraction of sp³-hybridized carbons (Fsp3) is 0.824. The molecule has 0 atom stereocenters. The predicted molar refractivity (Wildman–Crippen MR) is 112 cm³/mol. The van der Waals surface area contributed by atoms with Crippen molar-refractivity contribution < 1.29 is 4.74 Å². The van der Waals surface area contributed by atoms with Gasteiger partial charge in [-0.25, -0.2) is 0 Å². The molecule has 2 heterocycles. The summed E-state index contributed by atoms with van der Waals surface area (Å²) in [5, 5.41) is 15.4. The molecular formula is C17H33IN6O. The lowest BCUT2D eigenvalue weighted by atomic mass is 10.1. The molecule has 0 fully saturated rings. The van der Waals surface area contributed by atoms with Gasteiger partial charge < -0.3 is 19.9 Å². The first-order valence-corrected chi connectivity index (χ1v) is 9.04. The van der Waals surface area contributed by atoms with Gasteiger partial charge in [-0.1, -0.05) is 6.42 Å². The summed E-state index contributed by atoms with van der Waals surface area (Å²) in [4.78, 5) is 4.60. The van der Waals surface area contributed by atoms with E-state index in [2.05, 4.69) is 37.3 Å². The highest BCUT2D eigenvalue weighted by Crippen LogP contribution is 2.14. The number of fused-ring (bicyclic) bond motifs is 1. The second-order valence-corrected chi connectivity index (χ2v) is 6.83. The summed E-state index contributed by atoms with van der Waals surface area (Å²) >= 11 is 0. The first-order valence-electron chi connectivity index (χ1n) is 9.04. The Labute approximate surface area is 168 Å². The lowest BCUT2D eigenvalue weighted by molar-refractivity contribution is 0.0310. The van der Waals surface area contributed by atoms with Gasteiger partial charge in [-0.05, 0) is 33.6 Å². The largest absolute Gasteiger partial charge is 0.377 e. The van der Waals surface area contributed by atoms with Gasteiger partial charge in [-0.3, -0.25) is 4.99 Å². The molecular weight excluding hydrogens is 431 g/mol. The van der Waals surface area contributed by atoms with Crippen LogP contribution in [0.2, 0.25) is 0 Å². The van der Waals surface area contributed by atoms with Crippen molar-refractivity contribution in [2.45, 2.75) is 65.0 Å². The molecule has 2 N–H and O–H groups in total. The standard InChI is InChI=1S/C17H32N6O.HI/c1-5-18-16(20-13-17(2,3)24-4)19-11-10-15-22-21-14-9-7-6-8-12-23(14)15;/h5-13H2,1-4H3,(H2,18,19,20);1H. The Balaban J connectivity index is 0.00000312. The molecule has 0 aliphatic carbocycles. The number of hydrogen-bond acceptors (Lipinski definition) is 4. The van der Waals surface area contributed by atoms with Crippen molar-refractivity contribution in [1.82, 2.24) is 25.4 Å². The number of methoxy groups -OCH3 is 1. The van der Waals surface area contributed by atoms with Gasteiger partial charge in [0, 0.05) is 39.6 Å². The van der Waals surface area contributed by atoms with E-state index in [4.69, 9.17) is 4.74 Å². The van der Waals surface area contributed by atoms with Gasteiger partial charge in [0.2, 0.25) is 0 Å². The average molecular weight is 464 g/mol. The number of rotatable bonds is 7. The Bertz CT molecular complexity index is 543. The zero-order chi connectivity index (χ0) is 17.4. The van der Waals surface area contributed by atoms with Crippen LogP contribution < -0.4 is 10.6 Å². The predicted octanol–water partition coefficient (Wildman–Crippen LogP) is 2.15. The molecule has 1 aromatic rings. The fourth-order valence-electron chi connectivity index (χ4n) is 2.70. The number of aromatic nitrogens is 3. The summed E-state index contributed by atoms with van der Waals surface area (Å²) in [7, 11) is 1.72. The molecule has 0 bridgehead atoms. The van der Waals surface area contributed by atoms with Gasteiger partial charge in [0.25, 0.3) is 0 Å². The van der Waals surface area contributed by atoms with Crippen molar-refractivity contribution in [2.75, 3.05) is 26.7 Å². The SMILES string of the molecule is CCNC(=NCC(C)(C)OC)NCCc1nnc2n1CCCCC2.I. The zero-order valence-corrected chi connectivity index (χ0v) is 18.3. The number of halogens is 1.